The van der Waals surface area contributed by atoms with Crippen LogP contribution in [0.15, 0.2) is 69.4 Å². The molecular formula is C16H12Br2ClN5. The Morgan fingerprint density at radius 3 is 2.71 bits per heavy atom. The molecule has 0 unspecified atom stereocenters. The van der Waals surface area contributed by atoms with Crippen molar-refractivity contribution in [3.05, 3.63) is 74.9 Å². The highest BCUT2D eigenvalue weighted by Gasteiger charge is 2.08. The second-order valence-electron chi connectivity index (χ2n) is 4.89. The fraction of sp³-hybridized carbons (Fsp3) is 0.0625. The average Bonchev–Trinajstić information content (AvgIpc) is 2.98. The number of hydrogen-bond acceptors (Lipinski definition) is 4. The van der Waals surface area contributed by atoms with Crippen LogP contribution in [-0.4, -0.2) is 20.2 Å². The minimum Gasteiger partial charge on any atom is -0.330 e. The molecule has 0 aliphatic rings. The van der Waals surface area contributed by atoms with E-state index in [9.17, 15) is 0 Å². The predicted molar refractivity (Wildman–Crippen MR) is 103 cm³/mol. The Morgan fingerprint density at radius 1 is 1.17 bits per heavy atom. The standard InChI is InChI=1S/C16H12Br2ClN5/c17-15-7-11(5-6-20-15)14(8-24-9-16(18)21-10-24)23-22-13-4-2-1-3-12(13)19/h1-7,9-10,22H,8H2. The number of aromatic nitrogens is 3. The van der Waals surface area contributed by atoms with Crippen molar-refractivity contribution in [2.24, 2.45) is 5.10 Å². The molecule has 122 valence electrons. The minimum absolute atomic E-state index is 0.548. The number of benzene rings is 1. The lowest BCUT2D eigenvalue weighted by Gasteiger charge is -2.10. The van der Waals surface area contributed by atoms with Crippen LogP contribution in [0.1, 0.15) is 5.56 Å². The van der Waals surface area contributed by atoms with Crippen LogP contribution in [0.4, 0.5) is 5.69 Å². The third kappa shape index (κ3) is 4.43. The van der Waals surface area contributed by atoms with Gasteiger partial charge >= 0.3 is 0 Å². The van der Waals surface area contributed by atoms with Crippen LogP contribution in [0.2, 0.25) is 5.02 Å². The molecule has 0 atom stereocenters. The van der Waals surface area contributed by atoms with Gasteiger partial charge in [0, 0.05) is 18.0 Å². The van der Waals surface area contributed by atoms with Crippen LogP contribution in [-0.2, 0) is 6.54 Å². The minimum atomic E-state index is 0.548. The highest BCUT2D eigenvalue weighted by atomic mass is 79.9. The number of pyridine rings is 1. The van der Waals surface area contributed by atoms with E-state index in [1.807, 2.05) is 47.2 Å². The second-order valence-corrected chi connectivity index (χ2v) is 6.92. The normalized spacial score (nSPS) is 11.5. The van der Waals surface area contributed by atoms with Crippen molar-refractivity contribution in [2.75, 3.05) is 5.43 Å². The molecule has 0 bridgehead atoms. The fourth-order valence-corrected chi connectivity index (χ4v) is 2.94. The largest absolute Gasteiger partial charge is 0.330 e. The summed E-state index contributed by atoms with van der Waals surface area (Å²) in [6.07, 6.45) is 5.36. The summed E-state index contributed by atoms with van der Waals surface area (Å²) in [5, 5.41) is 5.15. The number of nitrogens with one attached hydrogen (secondary N) is 1. The smallest absolute Gasteiger partial charge is 0.124 e. The summed E-state index contributed by atoms with van der Waals surface area (Å²) in [7, 11) is 0. The summed E-state index contributed by atoms with van der Waals surface area (Å²) in [5.74, 6) is 0. The van der Waals surface area contributed by atoms with Crippen LogP contribution in [0.5, 0.6) is 0 Å². The lowest BCUT2D eigenvalue weighted by Crippen LogP contribution is -2.13. The molecule has 0 aliphatic heterocycles. The van der Waals surface area contributed by atoms with Gasteiger partial charge in [-0.3, -0.25) is 5.43 Å². The Labute approximate surface area is 161 Å². The molecule has 5 nitrogen and oxygen atoms in total. The molecule has 3 rings (SSSR count). The molecule has 24 heavy (non-hydrogen) atoms. The molecule has 1 aromatic carbocycles. The van der Waals surface area contributed by atoms with Gasteiger partial charge in [-0.05, 0) is 56.1 Å². The molecule has 2 aromatic heterocycles. The molecule has 0 spiro atoms. The van der Waals surface area contributed by atoms with Crippen molar-refractivity contribution in [2.45, 2.75) is 6.54 Å². The van der Waals surface area contributed by atoms with Crippen LogP contribution in [0.25, 0.3) is 0 Å². The van der Waals surface area contributed by atoms with Gasteiger partial charge in [-0.25, -0.2) is 9.97 Å². The molecule has 0 fully saturated rings. The van der Waals surface area contributed by atoms with E-state index < -0.39 is 0 Å². The van der Waals surface area contributed by atoms with Crippen LogP contribution < -0.4 is 5.43 Å². The van der Waals surface area contributed by atoms with Gasteiger partial charge in [0.15, 0.2) is 0 Å². The SMILES string of the molecule is Clc1ccccc1NN=C(Cn1cnc(Br)c1)c1ccnc(Br)c1. The van der Waals surface area contributed by atoms with E-state index in [1.165, 1.54) is 0 Å². The van der Waals surface area contributed by atoms with E-state index in [0.717, 1.165) is 26.2 Å². The quantitative estimate of drug-likeness (QED) is 0.326. The van der Waals surface area contributed by atoms with Gasteiger partial charge in [0.1, 0.15) is 9.21 Å². The molecule has 1 N–H and O–H groups in total. The summed E-state index contributed by atoms with van der Waals surface area (Å²) >= 11 is 12.9. The van der Waals surface area contributed by atoms with Gasteiger partial charge in [0.25, 0.3) is 0 Å². The van der Waals surface area contributed by atoms with Gasteiger partial charge in [0.05, 0.1) is 29.3 Å². The van der Waals surface area contributed by atoms with Crippen LogP contribution in [0, 0.1) is 0 Å². The zero-order chi connectivity index (χ0) is 16.9. The van der Waals surface area contributed by atoms with Crippen molar-refractivity contribution in [3.8, 4) is 0 Å². The lowest BCUT2D eigenvalue weighted by atomic mass is 10.1. The molecule has 3 aromatic rings. The van der Waals surface area contributed by atoms with Crippen LogP contribution >= 0.6 is 43.5 Å². The summed E-state index contributed by atoms with van der Waals surface area (Å²) in [6, 6.07) is 11.3. The number of para-hydroxylation sites is 1. The summed E-state index contributed by atoms with van der Waals surface area (Å²) in [4.78, 5) is 8.33. The van der Waals surface area contributed by atoms with Crippen molar-refractivity contribution in [1.29, 1.82) is 0 Å². The number of rotatable bonds is 5. The first-order valence-corrected chi connectivity index (χ1v) is 8.94. The summed E-state index contributed by atoms with van der Waals surface area (Å²) in [6.45, 7) is 0.548. The van der Waals surface area contributed by atoms with E-state index in [-0.39, 0.29) is 0 Å². The van der Waals surface area contributed by atoms with Crippen molar-refractivity contribution < 1.29 is 0 Å². The zero-order valence-corrected chi connectivity index (χ0v) is 16.3. The van der Waals surface area contributed by atoms with E-state index >= 15 is 0 Å². The van der Waals surface area contributed by atoms with Gasteiger partial charge in [-0.1, -0.05) is 23.7 Å². The molecular weight excluding hydrogens is 457 g/mol. The molecule has 0 aliphatic carbocycles. The van der Waals surface area contributed by atoms with Crippen LogP contribution in [0.3, 0.4) is 0 Å². The van der Waals surface area contributed by atoms with Crippen molar-refractivity contribution in [3.63, 3.8) is 0 Å². The first kappa shape index (κ1) is 17.1. The predicted octanol–water partition coefficient (Wildman–Crippen LogP) is 4.97. The monoisotopic (exact) mass is 467 g/mol. The number of anilines is 1. The topological polar surface area (TPSA) is 55.1 Å². The molecule has 2 heterocycles. The number of nitrogens with zero attached hydrogens (tertiary/aromatic N) is 4. The molecule has 0 saturated heterocycles. The Balaban J connectivity index is 1.92. The zero-order valence-electron chi connectivity index (χ0n) is 12.3. The highest BCUT2D eigenvalue weighted by molar-refractivity contribution is 9.10. The highest BCUT2D eigenvalue weighted by Crippen LogP contribution is 2.21. The first-order chi connectivity index (χ1) is 11.6. The van der Waals surface area contributed by atoms with E-state index in [0.29, 0.717) is 11.6 Å². The molecule has 0 amide bonds. The Bertz CT molecular complexity index is 878. The summed E-state index contributed by atoms with van der Waals surface area (Å²) in [5.41, 5.74) is 5.55. The third-order valence-electron chi connectivity index (χ3n) is 3.18. The maximum Gasteiger partial charge on any atom is 0.124 e. The maximum atomic E-state index is 6.17. The van der Waals surface area contributed by atoms with Crippen molar-refractivity contribution >= 4 is 54.9 Å². The van der Waals surface area contributed by atoms with E-state index in [2.05, 4.69) is 52.4 Å². The molecule has 0 radical (unpaired) electrons. The molecule has 8 heteroatoms. The van der Waals surface area contributed by atoms with Gasteiger partial charge < -0.3 is 4.57 Å². The molecule has 0 saturated carbocycles. The average molecular weight is 470 g/mol. The number of hydrogen-bond donors (Lipinski definition) is 1. The number of hydrazone groups is 1. The third-order valence-corrected chi connectivity index (χ3v) is 4.35. The Morgan fingerprint density at radius 2 is 2.00 bits per heavy atom. The summed E-state index contributed by atoms with van der Waals surface area (Å²) < 4.78 is 3.46. The lowest BCUT2D eigenvalue weighted by molar-refractivity contribution is 0.848. The van der Waals surface area contributed by atoms with Gasteiger partial charge in [0.2, 0.25) is 0 Å². The van der Waals surface area contributed by atoms with E-state index in [4.69, 9.17) is 11.6 Å². The number of halogens is 3. The first-order valence-electron chi connectivity index (χ1n) is 6.98. The van der Waals surface area contributed by atoms with Crippen molar-refractivity contribution in [1.82, 2.24) is 14.5 Å². The maximum absolute atomic E-state index is 6.17. The van der Waals surface area contributed by atoms with E-state index in [1.54, 1.807) is 12.5 Å². The van der Waals surface area contributed by atoms with Gasteiger partial charge in [-0.2, -0.15) is 5.10 Å². The Kier molecular flexibility index (Phi) is 5.65. The number of imidazole rings is 1. The second kappa shape index (κ2) is 7.92. The van der Waals surface area contributed by atoms with Gasteiger partial charge in [-0.15, -0.1) is 0 Å². The fourth-order valence-electron chi connectivity index (χ4n) is 2.04. The Hall–Kier alpha value is -1.70.